The Bertz CT molecular complexity index is 694. The summed E-state index contributed by atoms with van der Waals surface area (Å²) in [6.45, 7) is 19.6. The van der Waals surface area contributed by atoms with Crippen molar-refractivity contribution >= 4 is 6.08 Å². The lowest BCUT2D eigenvalue weighted by Gasteiger charge is -2.20. The molecule has 0 aromatic heterocycles. The Balaban J connectivity index is 2.17. The first-order valence-electron chi connectivity index (χ1n) is 13.8. The maximum Gasteiger partial charge on any atom is 0.119 e. The molecule has 0 aliphatic heterocycles. The van der Waals surface area contributed by atoms with Crippen molar-refractivity contribution in [2.75, 3.05) is 26.2 Å². The zero-order chi connectivity index (χ0) is 25.1. The minimum atomic E-state index is 0.0203. The van der Waals surface area contributed by atoms with Crippen LogP contribution in [0.2, 0.25) is 0 Å². The van der Waals surface area contributed by atoms with Crippen LogP contribution in [0.25, 0.3) is 6.08 Å². The summed E-state index contributed by atoms with van der Waals surface area (Å²) in [7, 11) is 0. The Morgan fingerprint density at radius 1 is 0.912 bits per heavy atom. The highest BCUT2D eigenvalue weighted by molar-refractivity contribution is 5.52. The lowest BCUT2D eigenvalue weighted by atomic mass is 9.84. The third-order valence-corrected chi connectivity index (χ3v) is 6.77. The lowest BCUT2D eigenvalue weighted by molar-refractivity contribution is 0.294. The molecule has 1 aromatic rings. The second kappa shape index (κ2) is 18.5. The molecule has 1 unspecified atom stereocenters. The highest BCUT2D eigenvalue weighted by Gasteiger charge is 2.15. The van der Waals surface area contributed by atoms with Gasteiger partial charge in [0.05, 0.1) is 6.61 Å². The van der Waals surface area contributed by atoms with Crippen LogP contribution in [0.15, 0.2) is 54.6 Å². The first kappa shape index (κ1) is 30.2. The smallest absolute Gasteiger partial charge is 0.119 e. The van der Waals surface area contributed by atoms with Gasteiger partial charge in [-0.25, -0.2) is 0 Å². The molecule has 0 saturated carbocycles. The van der Waals surface area contributed by atoms with E-state index in [1.54, 1.807) is 0 Å². The van der Waals surface area contributed by atoms with Crippen LogP contribution in [-0.4, -0.2) is 31.1 Å². The molecular formula is C32H53NO. The number of allylic oxidation sites excluding steroid dienone is 4. The highest BCUT2D eigenvalue weighted by Crippen LogP contribution is 2.28. The van der Waals surface area contributed by atoms with Gasteiger partial charge >= 0.3 is 0 Å². The molecule has 0 spiro atoms. The van der Waals surface area contributed by atoms with Crippen molar-refractivity contribution in [2.45, 2.75) is 98.8 Å². The van der Waals surface area contributed by atoms with Gasteiger partial charge in [0.2, 0.25) is 0 Å². The molecule has 0 amide bonds. The van der Waals surface area contributed by atoms with Crippen molar-refractivity contribution in [1.29, 1.82) is 0 Å². The van der Waals surface area contributed by atoms with Crippen molar-refractivity contribution in [2.24, 2.45) is 5.41 Å². The Labute approximate surface area is 212 Å². The standard InChI is InChI=1S/C32H53NO/c1-7-32(6,25-18-19-29(4)5)26-24-30-20-22-31(23-21-30)34-28-17-15-13-11-10-12-14-16-27-33(8-2)9-3/h7,19-24,26H,1,8-18,25,27-28H2,2-6H3/b26-24+. The van der Waals surface area contributed by atoms with E-state index < -0.39 is 0 Å². The van der Waals surface area contributed by atoms with Gasteiger partial charge in [0.25, 0.3) is 0 Å². The van der Waals surface area contributed by atoms with E-state index in [9.17, 15) is 0 Å². The Hall–Kier alpha value is -1.80. The summed E-state index contributed by atoms with van der Waals surface area (Å²) >= 11 is 0. The molecule has 0 bridgehead atoms. The van der Waals surface area contributed by atoms with Crippen LogP contribution in [0.1, 0.15) is 104 Å². The van der Waals surface area contributed by atoms with Gasteiger partial charge in [0.15, 0.2) is 0 Å². The molecule has 0 aliphatic carbocycles. The first-order valence-corrected chi connectivity index (χ1v) is 13.8. The normalized spacial score (nSPS) is 13.2. The van der Waals surface area contributed by atoms with E-state index in [4.69, 9.17) is 4.74 Å². The molecular weight excluding hydrogens is 414 g/mol. The van der Waals surface area contributed by atoms with Gasteiger partial charge in [-0.1, -0.05) is 101 Å². The van der Waals surface area contributed by atoms with Crippen LogP contribution in [0.3, 0.4) is 0 Å². The molecule has 0 fully saturated rings. The topological polar surface area (TPSA) is 12.5 Å². The maximum atomic E-state index is 5.95. The maximum absolute atomic E-state index is 5.95. The van der Waals surface area contributed by atoms with E-state index in [-0.39, 0.29) is 5.41 Å². The number of hydrogen-bond donors (Lipinski definition) is 0. The quantitative estimate of drug-likeness (QED) is 0.140. The van der Waals surface area contributed by atoms with Crippen molar-refractivity contribution < 1.29 is 4.74 Å². The first-order chi connectivity index (χ1) is 16.4. The van der Waals surface area contributed by atoms with Crippen LogP contribution < -0.4 is 4.74 Å². The van der Waals surface area contributed by atoms with Crippen LogP contribution in [0, 0.1) is 5.41 Å². The van der Waals surface area contributed by atoms with Gasteiger partial charge in [-0.05, 0) is 76.9 Å². The number of rotatable bonds is 20. The van der Waals surface area contributed by atoms with E-state index in [0.717, 1.165) is 31.6 Å². The van der Waals surface area contributed by atoms with Gasteiger partial charge in [-0.3, -0.25) is 0 Å². The second-order valence-corrected chi connectivity index (χ2v) is 10.1. The van der Waals surface area contributed by atoms with E-state index in [0.29, 0.717) is 0 Å². The molecule has 2 nitrogen and oxygen atoms in total. The molecule has 0 N–H and O–H groups in total. The number of unbranched alkanes of at least 4 members (excludes halogenated alkanes) is 7. The molecule has 192 valence electrons. The monoisotopic (exact) mass is 467 g/mol. The van der Waals surface area contributed by atoms with E-state index >= 15 is 0 Å². The molecule has 0 saturated heterocycles. The van der Waals surface area contributed by atoms with Crippen LogP contribution in [0.5, 0.6) is 5.75 Å². The number of benzene rings is 1. The predicted octanol–water partition coefficient (Wildman–Crippen LogP) is 9.48. The van der Waals surface area contributed by atoms with Crippen LogP contribution in [-0.2, 0) is 0 Å². The Morgan fingerprint density at radius 2 is 1.50 bits per heavy atom. The van der Waals surface area contributed by atoms with Crippen molar-refractivity contribution in [3.63, 3.8) is 0 Å². The Kier molecular flexibility index (Phi) is 16.5. The summed E-state index contributed by atoms with van der Waals surface area (Å²) in [4.78, 5) is 2.52. The second-order valence-electron chi connectivity index (χ2n) is 10.1. The molecule has 34 heavy (non-hydrogen) atoms. The SMILES string of the molecule is C=CC(C)(/C=C/c1ccc(OCCCCCCCCCCN(CC)CC)cc1)CCC=C(C)C. The fraction of sp³-hybridized carbons (Fsp3) is 0.625. The number of nitrogens with zero attached hydrogens (tertiary/aromatic N) is 1. The third kappa shape index (κ3) is 14.5. The molecule has 0 aliphatic rings. The minimum Gasteiger partial charge on any atom is -0.494 e. The molecule has 1 aromatic carbocycles. The van der Waals surface area contributed by atoms with Gasteiger partial charge < -0.3 is 9.64 Å². The fourth-order valence-corrected chi connectivity index (χ4v) is 4.12. The molecule has 0 radical (unpaired) electrons. The summed E-state index contributed by atoms with van der Waals surface area (Å²) in [6.07, 6.45) is 21.6. The molecule has 1 rings (SSSR count). The summed E-state index contributed by atoms with van der Waals surface area (Å²) in [6, 6.07) is 8.47. The number of ether oxygens (including phenoxy) is 1. The van der Waals surface area contributed by atoms with Crippen molar-refractivity contribution in [1.82, 2.24) is 4.90 Å². The predicted molar refractivity (Wildman–Crippen MR) is 153 cm³/mol. The van der Waals surface area contributed by atoms with Gasteiger partial charge in [0.1, 0.15) is 5.75 Å². The van der Waals surface area contributed by atoms with Gasteiger partial charge in [-0.2, -0.15) is 0 Å². The largest absolute Gasteiger partial charge is 0.494 e. The molecule has 1 atom stereocenters. The number of hydrogen-bond acceptors (Lipinski definition) is 2. The van der Waals surface area contributed by atoms with E-state index in [1.165, 1.54) is 75.7 Å². The van der Waals surface area contributed by atoms with E-state index in [1.807, 2.05) is 0 Å². The zero-order valence-corrected chi connectivity index (χ0v) is 23.1. The van der Waals surface area contributed by atoms with Crippen molar-refractivity contribution in [3.05, 3.63) is 60.2 Å². The average molecular weight is 468 g/mol. The highest BCUT2D eigenvalue weighted by atomic mass is 16.5. The lowest BCUT2D eigenvalue weighted by Crippen LogP contribution is -2.23. The average Bonchev–Trinajstić information content (AvgIpc) is 2.84. The summed E-state index contributed by atoms with van der Waals surface area (Å²) in [5.74, 6) is 0.973. The van der Waals surface area contributed by atoms with Gasteiger partial charge in [-0.15, -0.1) is 6.58 Å². The zero-order valence-electron chi connectivity index (χ0n) is 23.1. The van der Waals surface area contributed by atoms with E-state index in [2.05, 4.69) is 94.7 Å². The molecule has 2 heteroatoms. The fourth-order valence-electron chi connectivity index (χ4n) is 4.12. The van der Waals surface area contributed by atoms with Crippen LogP contribution >= 0.6 is 0 Å². The molecule has 0 heterocycles. The van der Waals surface area contributed by atoms with Gasteiger partial charge in [0, 0.05) is 5.41 Å². The van der Waals surface area contributed by atoms with Crippen molar-refractivity contribution in [3.8, 4) is 5.75 Å². The summed E-state index contributed by atoms with van der Waals surface area (Å²) < 4.78 is 5.95. The van der Waals surface area contributed by atoms with Crippen LogP contribution in [0.4, 0.5) is 0 Å². The minimum absolute atomic E-state index is 0.0203. The Morgan fingerprint density at radius 3 is 2.06 bits per heavy atom. The third-order valence-electron chi connectivity index (χ3n) is 6.77. The summed E-state index contributed by atoms with van der Waals surface area (Å²) in [5, 5.41) is 0. The summed E-state index contributed by atoms with van der Waals surface area (Å²) in [5.41, 5.74) is 2.61.